The van der Waals surface area contributed by atoms with E-state index in [0.717, 1.165) is 38.5 Å². The number of ether oxygens (including phenoxy) is 4. The van der Waals surface area contributed by atoms with Gasteiger partial charge in [-0.1, -0.05) is 89.9 Å². The van der Waals surface area contributed by atoms with E-state index in [9.17, 15) is 39.0 Å². The van der Waals surface area contributed by atoms with Crippen LogP contribution in [0.15, 0.2) is 0 Å². The standard InChI is InChI=1S/C42H80N6O13/c43-48-38(51)20-17-18-24-44-39(52)33-60-31-30-59-28-26-46-40(53)34-61-32-29-58-27-25-45-36(49)23-22-35(42(56)57)47-37(50)19-15-13-11-9-7-5-3-1-2-4-6-8-10-12-14-16-21-41(54)55/h35,38,48,51H,1-34,43H2,(H,44,52)(H,45,49)(H,46,53)(H,47,50)(H,54,55)(H,56,57)/t35-,38+/m0/s1. The number of rotatable bonds is 46. The molecule has 19 heteroatoms. The molecule has 61 heavy (non-hydrogen) atoms. The first-order valence-corrected chi connectivity index (χ1v) is 22.5. The highest BCUT2D eigenvalue weighted by Crippen LogP contribution is 2.14. The van der Waals surface area contributed by atoms with Crippen LogP contribution in [0.2, 0.25) is 0 Å². The number of hydrazine groups is 1. The van der Waals surface area contributed by atoms with Crippen LogP contribution in [0.4, 0.5) is 0 Å². The normalized spacial score (nSPS) is 12.1. The van der Waals surface area contributed by atoms with E-state index in [-0.39, 0.29) is 115 Å². The van der Waals surface area contributed by atoms with Gasteiger partial charge in [0.1, 0.15) is 25.5 Å². The molecule has 0 bridgehead atoms. The third kappa shape index (κ3) is 43.0. The van der Waals surface area contributed by atoms with Gasteiger partial charge in [-0.2, -0.15) is 0 Å². The van der Waals surface area contributed by atoms with Crippen LogP contribution in [0.25, 0.3) is 0 Å². The predicted molar refractivity (Wildman–Crippen MR) is 229 cm³/mol. The fourth-order valence-corrected chi connectivity index (χ4v) is 6.10. The summed E-state index contributed by atoms with van der Waals surface area (Å²) < 4.78 is 21.3. The molecule has 4 amide bonds. The molecule has 0 aromatic heterocycles. The van der Waals surface area contributed by atoms with Gasteiger partial charge in [0, 0.05) is 38.9 Å². The number of carboxylic acids is 2. The van der Waals surface area contributed by atoms with E-state index in [1.54, 1.807) is 0 Å². The molecule has 0 aliphatic heterocycles. The molecule has 19 nitrogen and oxygen atoms in total. The first-order chi connectivity index (χ1) is 29.5. The van der Waals surface area contributed by atoms with Gasteiger partial charge in [0.15, 0.2) is 0 Å². The van der Waals surface area contributed by atoms with Crippen molar-refractivity contribution in [3.63, 3.8) is 0 Å². The fourth-order valence-electron chi connectivity index (χ4n) is 6.10. The molecule has 2 atom stereocenters. The number of nitrogens with two attached hydrogens (primary N) is 1. The number of hydrogen-bond donors (Lipinski definition) is 9. The van der Waals surface area contributed by atoms with E-state index in [1.165, 1.54) is 57.8 Å². The SMILES string of the molecule is NN[C@H](O)CCCCNC(=O)COCCOCCNC(=O)COCCOCCNC(=O)CC[C@H](NC(=O)CCCCCCCCCCCCCCCCCCC(=O)O)C(=O)O. The first kappa shape index (κ1) is 57.5. The topological polar surface area (TPSA) is 286 Å². The Morgan fingerprint density at radius 1 is 0.443 bits per heavy atom. The van der Waals surface area contributed by atoms with E-state index in [0.29, 0.717) is 32.2 Å². The van der Waals surface area contributed by atoms with Gasteiger partial charge in [-0.15, -0.1) is 0 Å². The lowest BCUT2D eigenvalue weighted by Crippen LogP contribution is -2.41. The number of aliphatic hydroxyl groups excluding tert-OH is 1. The Kier molecular flexibility index (Phi) is 40.7. The van der Waals surface area contributed by atoms with Gasteiger partial charge in [-0.05, 0) is 38.5 Å². The van der Waals surface area contributed by atoms with Gasteiger partial charge in [0.05, 0.1) is 39.6 Å². The zero-order chi connectivity index (χ0) is 45.0. The number of nitrogens with one attached hydrogen (secondary N) is 5. The van der Waals surface area contributed by atoms with E-state index >= 15 is 0 Å². The predicted octanol–water partition coefficient (Wildman–Crippen LogP) is 2.81. The highest BCUT2D eigenvalue weighted by molar-refractivity contribution is 5.84. The lowest BCUT2D eigenvalue weighted by Gasteiger charge is -2.14. The lowest BCUT2D eigenvalue weighted by atomic mass is 10.0. The number of carboxylic acid groups (broad SMARTS) is 2. The summed E-state index contributed by atoms with van der Waals surface area (Å²) in [5.41, 5.74) is 2.24. The molecule has 0 heterocycles. The second-order valence-corrected chi connectivity index (χ2v) is 15.1. The van der Waals surface area contributed by atoms with Crippen molar-refractivity contribution in [2.45, 2.75) is 160 Å². The largest absolute Gasteiger partial charge is 0.481 e. The van der Waals surface area contributed by atoms with Crippen molar-refractivity contribution in [3.8, 4) is 0 Å². The van der Waals surface area contributed by atoms with Crippen molar-refractivity contribution >= 4 is 35.6 Å². The molecule has 0 aromatic rings. The van der Waals surface area contributed by atoms with Gasteiger partial charge in [-0.3, -0.25) is 29.8 Å². The van der Waals surface area contributed by atoms with Gasteiger partial charge in [0.25, 0.3) is 0 Å². The number of hydrogen-bond acceptors (Lipinski definition) is 13. The Morgan fingerprint density at radius 3 is 1.33 bits per heavy atom. The van der Waals surface area contributed by atoms with E-state index in [2.05, 4.69) is 26.7 Å². The molecule has 0 aromatic carbocycles. The van der Waals surface area contributed by atoms with Gasteiger partial charge in [0.2, 0.25) is 23.6 Å². The third-order valence-electron chi connectivity index (χ3n) is 9.60. The molecule has 0 rings (SSSR count). The molecule has 10 N–H and O–H groups in total. The smallest absolute Gasteiger partial charge is 0.326 e. The Balaban J connectivity index is 3.63. The minimum Gasteiger partial charge on any atom is -0.481 e. The highest BCUT2D eigenvalue weighted by Gasteiger charge is 2.20. The maximum Gasteiger partial charge on any atom is 0.326 e. The van der Waals surface area contributed by atoms with Crippen LogP contribution in [0.1, 0.15) is 148 Å². The minimum atomic E-state index is -1.18. The summed E-state index contributed by atoms with van der Waals surface area (Å²) >= 11 is 0. The van der Waals surface area contributed by atoms with Crippen LogP contribution in [-0.2, 0) is 47.7 Å². The van der Waals surface area contributed by atoms with Crippen LogP contribution in [0.5, 0.6) is 0 Å². The summed E-state index contributed by atoms with van der Waals surface area (Å²) in [6, 6.07) is -1.14. The number of unbranched alkanes of at least 4 members (excludes halogenated alkanes) is 16. The van der Waals surface area contributed by atoms with E-state index in [1.807, 2.05) is 0 Å². The Morgan fingerprint density at radius 2 is 0.869 bits per heavy atom. The number of amides is 4. The highest BCUT2D eigenvalue weighted by atomic mass is 16.5. The van der Waals surface area contributed by atoms with Crippen LogP contribution in [0, 0.1) is 0 Å². The van der Waals surface area contributed by atoms with Crippen LogP contribution < -0.4 is 32.5 Å². The van der Waals surface area contributed by atoms with Crippen molar-refractivity contribution in [3.05, 3.63) is 0 Å². The fraction of sp³-hybridized carbons (Fsp3) is 0.857. The van der Waals surface area contributed by atoms with Gasteiger partial charge >= 0.3 is 11.9 Å². The zero-order valence-electron chi connectivity index (χ0n) is 36.7. The molecule has 0 fully saturated rings. The van der Waals surface area contributed by atoms with Crippen molar-refractivity contribution in [1.82, 2.24) is 26.7 Å². The molecular weight excluding hydrogens is 796 g/mol. The summed E-state index contributed by atoms with van der Waals surface area (Å²) in [6.45, 7) is 2.04. The molecule has 0 saturated heterocycles. The monoisotopic (exact) mass is 877 g/mol. The number of carbonyl (C=O) groups is 6. The van der Waals surface area contributed by atoms with Crippen LogP contribution >= 0.6 is 0 Å². The van der Waals surface area contributed by atoms with Crippen LogP contribution in [0.3, 0.4) is 0 Å². The quantitative estimate of drug-likeness (QED) is 0.0184. The maximum absolute atomic E-state index is 12.3. The molecular formula is C42H80N6O13. The lowest BCUT2D eigenvalue weighted by molar-refractivity contribution is -0.142. The molecule has 0 spiro atoms. The molecule has 0 unspecified atom stereocenters. The van der Waals surface area contributed by atoms with Crippen molar-refractivity contribution < 1.29 is 63.0 Å². The summed E-state index contributed by atoms with van der Waals surface area (Å²) in [5, 5.41) is 38.0. The Hall–Kier alpha value is -3.46. The summed E-state index contributed by atoms with van der Waals surface area (Å²) in [5.74, 6) is 1.98. The molecule has 0 radical (unpaired) electrons. The summed E-state index contributed by atoms with van der Waals surface area (Å²) in [6.07, 6.45) is 19.5. The first-order valence-electron chi connectivity index (χ1n) is 22.5. The van der Waals surface area contributed by atoms with Crippen molar-refractivity contribution in [2.24, 2.45) is 5.84 Å². The Labute approximate surface area is 363 Å². The maximum atomic E-state index is 12.3. The third-order valence-corrected chi connectivity index (χ3v) is 9.60. The Bertz CT molecular complexity index is 1140. The zero-order valence-corrected chi connectivity index (χ0v) is 36.7. The second kappa shape index (κ2) is 43.2. The van der Waals surface area contributed by atoms with E-state index < -0.39 is 24.2 Å². The average Bonchev–Trinajstić information content (AvgIpc) is 3.23. The number of aliphatic carboxylic acids is 2. The van der Waals surface area contributed by atoms with Crippen molar-refractivity contribution in [1.29, 1.82) is 0 Å². The molecule has 356 valence electrons. The average molecular weight is 877 g/mol. The molecule has 0 aliphatic rings. The minimum absolute atomic E-state index is 0.0232. The van der Waals surface area contributed by atoms with E-state index in [4.69, 9.17) is 29.9 Å². The number of aliphatic hydroxyl groups is 1. The number of carbonyl (C=O) groups excluding carboxylic acids is 4. The van der Waals surface area contributed by atoms with Gasteiger partial charge in [-0.25, -0.2) is 10.2 Å². The van der Waals surface area contributed by atoms with Gasteiger partial charge < -0.3 is 55.5 Å². The van der Waals surface area contributed by atoms with Crippen LogP contribution in [-0.4, -0.2) is 136 Å². The van der Waals surface area contributed by atoms with Crippen molar-refractivity contribution in [2.75, 3.05) is 72.5 Å². The second-order valence-electron chi connectivity index (χ2n) is 15.1. The molecule has 0 aliphatic carbocycles. The summed E-state index contributed by atoms with van der Waals surface area (Å²) in [7, 11) is 0. The molecule has 0 saturated carbocycles. The summed E-state index contributed by atoms with van der Waals surface area (Å²) in [4.78, 5) is 70.3.